The van der Waals surface area contributed by atoms with E-state index in [4.69, 9.17) is 4.74 Å². The zero-order valence-electron chi connectivity index (χ0n) is 10.0. The Morgan fingerprint density at radius 1 is 1.30 bits per heavy atom. The summed E-state index contributed by atoms with van der Waals surface area (Å²) in [4.78, 5) is 10.1. The molecule has 2 aromatic rings. The predicted octanol–water partition coefficient (Wildman–Crippen LogP) is 3.78. The number of rotatable bonds is 4. The standard InChI is InChI=1S/C13H9BrFNO4/c14-11-6-10(2-3-12(11)15)20-13-4-1-9(16(18)19)5-8(13)7-17/h1-6,17H,7H2. The summed E-state index contributed by atoms with van der Waals surface area (Å²) in [5.41, 5.74) is 0.140. The number of nitrogens with zero attached hydrogens (tertiary/aromatic N) is 1. The molecule has 0 amide bonds. The first-order chi connectivity index (χ1) is 9.51. The smallest absolute Gasteiger partial charge is 0.270 e. The Kier molecular flexibility index (Phi) is 4.31. The minimum Gasteiger partial charge on any atom is -0.457 e. The van der Waals surface area contributed by atoms with E-state index < -0.39 is 17.3 Å². The summed E-state index contributed by atoms with van der Waals surface area (Å²) < 4.78 is 18.8. The summed E-state index contributed by atoms with van der Waals surface area (Å²) in [7, 11) is 0. The highest BCUT2D eigenvalue weighted by Gasteiger charge is 2.12. The van der Waals surface area contributed by atoms with E-state index >= 15 is 0 Å². The van der Waals surface area contributed by atoms with Crippen LogP contribution in [0.2, 0.25) is 0 Å². The fourth-order valence-corrected chi connectivity index (χ4v) is 1.93. The van der Waals surface area contributed by atoms with Crippen molar-refractivity contribution in [3.05, 3.63) is 62.4 Å². The molecule has 0 bridgehead atoms. The summed E-state index contributed by atoms with van der Waals surface area (Å²) in [5, 5.41) is 19.9. The highest BCUT2D eigenvalue weighted by molar-refractivity contribution is 9.10. The second kappa shape index (κ2) is 5.98. The fourth-order valence-electron chi connectivity index (χ4n) is 1.57. The van der Waals surface area contributed by atoms with Gasteiger partial charge in [0, 0.05) is 17.7 Å². The quantitative estimate of drug-likeness (QED) is 0.678. The molecule has 5 nitrogen and oxygen atoms in total. The third-order valence-corrected chi connectivity index (χ3v) is 3.15. The van der Waals surface area contributed by atoms with Crippen LogP contribution in [0.5, 0.6) is 11.5 Å². The van der Waals surface area contributed by atoms with Crippen LogP contribution in [0, 0.1) is 15.9 Å². The molecule has 0 aliphatic rings. The van der Waals surface area contributed by atoms with Crippen LogP contribution < -0.4 is 4.74 Å². The van der Waals surface area contributed by atoms with Gasteiger partial charge in [0.15, 0.2) is 0 Å². The first kappa shape index (κ1) is 14.4. The number of nitro benzene ring substituents is 1. The molecule has 1 N–H and O–H groups in total. The molecule has 0 aliphatic carbocycles. The molecule has 7 heteroatoms. The van der Waals surface area contributed by atoms with Gasteiger partial charge in [0.1, 0.15) is 17.3 Å². The van der Waals surface area contributed by atoms with Crippen LogP contribution >= 0.6 is 15.9 Å². The van der Waals surface area contributed by atoms with Crippen molar-refractivity contribution in [2.75, 3.05) is 0 Å². The van der Waals surface area contributed by atoms with Crippen molar-refractivity contribution in [1.29, 1.82) is 0 Å². The van der Waals surface area contributed by atoms with Crippen LogP contribution in [0.4, 0.5) is 10.1 Å². The van der Waals surface area contributed by atoms with E-state index in [1.807, 2.05) is 0 Å². The van der Waals surface area contributed by atoms with Crippen molar-refractivity contribution in [3.8, 4) is 11.5 Å². The van der Waals surface area contributed by atoms with Gasteiger partial charge >= 0.3 is 0 Å². The Labute approximate surface area is 121 Å². The minimum absolute atomic E-state index is 0.137. The third-order valence-electron chi connectivity index (χ3n) is 2.54. The number of hydrogen-bond donors (Lipinski definition) is 1. The molecular weight excluding hydrogens is 333 g/mol. The van der Waals surface area contributed by atoms with Crippen LogP contribution in [0.1, 0.15) is 5.56 Å². The van der Waals surface area contributed by atoms with Gasteiger partial charge in [-0.15, -0.1) is 0 Å². The van der Waals surface area contributed by atoms with Crippen LogP contribution in [-0.4, -0.2) is 10.0 Å². The molecular formula is C13H9BrFNO4. The van der Waals surface area contributed by atoms with Crippen LogP contribution in [-0.2, 0) is 6.61 Å². The summed E-state index contributed by atoms with van der Waals surface area (Å²) in [5.74, 6) is 0.196. The average molecular weight is 342 g/mol. The maximum atomic E-state index is 13.1. The first-order valence-corrected chi connectivity index (χ1v) is 6.31. The number of nitro groups is 1. The summed E-state index contributed by atoms with van der Waals surface area (Å²) in [6.45, 7) is -0.403. The van der Waals surface area contributed by atoms with Gasteiger partial charge in [-0.25, -0.2) is 4.39 Å². The lowest BCUT2D eigenvalue weighted by molar-refractivity contribution is -0.385. The van der Waals surface area contributed by atoms with Gasteiger partial charge in [0.05, 0.1) is 16.0 Å². The number of aliphatic hydroxyl groups excluding tert-OH is 1. The van der Waals surface area contributed by atoms with Gasteiger partial charge in [-0.3, -0.25) is 10.1 Å². The van der Waals surface area contributed by atoms with Crippen molar-refractivity contribution in [2.45, 2.75) is 6.61 Å². The maximum Gasteiger partial charge on any atom is 0.270 e. The Hall–Kier alpha value is -1.99. The number of halogens is 2. The SMILES string of the molecule is O=[N+]([O-])c1ccc(Oc2ccc(F)c(Br)c2)c(CO)c1. The Bertz CT molecular complexity index is 663. The molecule has 0 unspecified atom stereocenters. The van der Waals surface area contributed by atoms with Crippen molar-refractivity contribution in [2.24, 2.45) is 0 Å². The number of benzene rings is 2. The van der Waals surface area contributed by atoms with Crippen LogP contribution in [0.15, 0.2) is 40.9 Å². The van der Waals surface area contributed by atoms with Crippen molar-refractivity contribution in [1.82, 2.24) is 0 Å². The van der Waals surface area contributed by atoms with E-state index in [0.29, 0.717) is 5.75 Å². The van der Waals surface area contributed by atoms with Gasteiger partial charge in [-0.2, -0.15) is 0 Å². The number of aliphatic hydroxyl groups is 1. The molecule has 2 aromatic carbocycles. The molecule has 2 rings (SSSR count). The summed E-state index contributed by atoms with van der Waals surface area (Å²) >= 11 is 3.03. The highest BCUT2D eigenvalue weighted by atomic mass is 79.9. The Balaban J connectivity index is 2.32. The van der Waals surface area contributed by atoms with Crippen LogP contribution in [0.3, 0.4) is 0 Å². The Morgan fingerprint density at radius 2 is 2.05 bits per heavy atom. The van der Waals surface area contributed by atoms with E-state index in [1.165, 1.54) is 36.4 Å². The molecule has 0 saturated carbocycles. The normalized spacial score (nSPS) is 10.3. The topological polar surface area (TPSA) is 72.6 Å². The summed E-state index contributed by atoms with van der Waals surface area (Å²) in [6, 6.07) is 7.96. The summed E-state index contributed by atoms with van der Waals surface area (Å²) in [6.07, 6.45) is 0. The molecule has 0 aliphatic heterocycles. The second-order valence-corrected chi connectivity index (χ2v) is 4.74. The van der Waals surface area contributed by atoms with E-state index in [2.05, 4.69) is 15.9 Å². The van der Waals surface area contributed by atoms with Crippen molar-refractivity contribution in [3.63, 3.8) is 0 Å². The van der Waals surface area contributed by atoms with E-state index in [9.17, 15) is 19.6 Å². The molecule has 0 atom stereocenters. The first-order valence-electron chi connectivity index (χ1n) is 5.52. The lowest BCUT2D eigenvalue weighted by Crippen LogP contribution is -1.95. The van der Waals surface area contributed by atoms with Crippen molar-refractivity contribution >= 4 is 21.6 Å². The Morgan fingerprint density at radius 3 is 2.65 bits per heavy atom. The molecule has 20 heavy (non-hydrogen) atoms. The van der Waals surface area contributed by atoms with Gasteiger partial charge < -0.3 is 9.84 Å². The molecule has 104 valence electrons. The monoisotopic (exact) mass is 341 g/mol. The lowest BCUT2D eigenvalue weighted by atomic mass is 10.2. The lowest BCUT2D eigenvalue weighted by Gasteiger charge is -2.10. The number of non-ortho nitro benzene ring substituents is 1. The third kappa shape index (κ3) is 3.12. The molecule has 0 spiro atoms. The van der Waals surface area contributed by atoms with Crippen molar-refractivity contribution < 1.29 is 19.2 Å². The molecule has 0 aromatic heterocycles. The molecule has 0 fully saturated rings. The number of hydrogen-bond acceptors (Lipinski definition) is 4. The average Bonchev–Trinajstić information content (AvgIpc) is 2.43. The van der Waals surface area contributed by atoms with E-state index in [1.54, 1.807) is 0 Å². The highest BCUT2D eigenvalue weighted by Crippen LogP contribution is 2.30. The molecule has 0 saturated heterocycles. The predicted molar refractivity (Wildman–Crippen MR) is 73.2 cm³/mol. The second-order valence-electron chi connectivity index (χ2n) is 3.89. The van der Waals surface area contributed by atoms with Crippen LogP contribution in [0.25, 0.3) is 0 Å². The zero-order valence-corrected chi connectivity index (χ0v) is 11.6. The van der Waals surface area contributed by atoms with Gasteiger partial charge in [-0.05, 0) is 40.2 Å². The molecule has 0 heterocycles. The largest absolute Gasteiger partial charge is 0.457 e. The maximum absolute atomic E-state index is 13.1. The van der Waals surface area contributed by atoms with Gasteiger partial charge in [0.2, 0.25) is 0 Å². The zero-order chi connectivity index (χ0) is 14.7. The molecule has 0 radical (unpaired) electrons. The van der Waals surface area contributed by atoms with E-state index in [-0.39, 0.29) is 21.5 Å². The van der Waals surface area contributed by atoms with Gasteiger partial charge in [-0.1, -0.05) is 0 Å². The number of ether oxygens (including phenoxy) is 1. The van der Waals surface area contributed by atoms with Gasteiger partial charge in [0.25, 0.3) is 5.69 Å². The fraction of sp³-hybridized carbons (Fsp3) is 0.0769. The van der Waals surface area contributed by atoms with E-state index in [0.717, 1.165) is 0 Å². The minimum atomic E-state index is -0.558.